The summed E-state index contributed by atoms with van der Waals surface area (Å²) in [6, 6.07) is 4.64. The molecule has 1 heterocycles. The zero-order valence-corrected chi connectivity index (χ0v) is 16.6. The average Bonchev–Trinajstić information content (AvgIpc) is 2.65. The second kappa shape index (κ2) is 8.63. The minimum atomic E-state index is -4.88. The standard InChI is InChI=1S/C21H19ClF4O4/c1-10-4-13(28)7-19(30-10)14-8-15(17(22)5-12(14)9-27)20(29)11-2-3-16(18(23)6-11)21(24,25)26/h2-3,5-6,8,10,13,19,27-28H,4,7,9H2,1H3. The van der Waals surface area contributed by atoms with E-state index in [-0.39, 0.29) is 28.7 Å². The number of aliphatic hydroxyl groups excluding tert-OH is 2. The van der Waals surface area contributed by atoms with E-state index in [9.17, 15) is 32.6 Å². The summed E-state index contributed by atoms with van der Waals surface area (Å²) in [5.41, 5.74) is -1.02. The minimum Gasteiger partial charge on any atom is -0.393 e. The van der Waals surface area contributed by atoms with Crippen molar-refractivity contribution in [2.45, 2.75) is 50.9 Å². The van der Waals surface area contributed by atoms with E-state index >= 15 is 0 Å². The van der Waals surface area contributed by atoms with E-state index in [1.54, 1.807) is 6.92 Å². The summed E-state index contributed by atoms with van der Waals surface area (Å²) >= 11 is 6.17. The Morgan fingerprint density at radius 2 is 1.93 bits per heavy atom. The number of ether oxygens (including phenoxy) is 1. The van der Waals surface area contributed by atoms with E-state index < -0.39 is 42.2 Å². The largest absolute Gasteiger partial charge is 0.419 e. The van der Waals surface area contributed by atoms with Gasteiger partial charge in [0.2, 0.25) is 0 Å². The van der Waals surface area contributed by atoms with Gasteiger partial charge in [0.25, 0.3) is 0 Å². The van der Waals surface area contributed by atoms with E-state index in [0.717, 1.165) is 6.07 Å². The molecule has 1 saturated heterocycles. The van der Waals surface area contributed by atoms with Gasteiger partial charge in [-0.1, -0.05) is 17.7 Å². The molecule has 0 spiro atoms. The molecule has 1 fully saturated rings. The molecule has 3 atom stereocenters. The van der Waals surface area contributed by atoms with Crippen LogP contribution in [0.3, 0.4) is 0 Å². The SMILES string of the molecule is CC1CC(O)CC(c2cc(C(=O)c3ccc(C(F)(F)F)c(F)c3)c(Cl)cc2CO)O1. The number of rotatable bonds is 4. The van der Waals surface area contributed by atoms with Crippen LogP contribution in [0, 0.1) is 5.82 Å². The van der Waals surface area contributed by atoms with Crippen LogP contribution in [-0.2, 0) is 17.5 Å². The highest BCUT2D eigenvalue weighted by atomic mass is 35.5. The molecule has 1 aliphatic heterocycles. The fraction of sp³-hybridized carbons (Fsp3) is 0.381. The molecule has 0 radical (unpaired) electrons. The number of hydrogen-bond acceptors (Lipinski definition) is 4. The molecule has 0 aliphatic carbocycles. The van der Waals surface area contributed by atoms with Gasteiger partial charge in [0.15, 0.2) is 5.78 Å². The summed E-state index contributed by atoms with van der Waals surface area (Å²) in [5.74, 6) is -2.34. The van der Waals surface area contributed by atoms with Crippen molar-refractivity contribution in [3.05, 3.63) is 69.0 Å². The lowest BCUT2D eigenvalue weighted by Gasteiger charge is -2.32. The van der Waals surface area contributed by atoms with Crippen LogP contribution in [0.2, 0.25) is 5.02 Å². The van der Waals surface area contributed by atoms with Crippen molar-refractivity contribution in [1.29, 1.82) is 0 Å². The molecule has 4 nitrogen and oxygen atoms in total. The highest BCUT2D eigenvalue weighted by Gasteiger charge is 2.34. The summed E-state index contributed by atoms with van der Waals surface area (Å²) in [7, 11) is 0. The van der Waals surface area contributed by atoms with Gasteiger partial charge in [0.1, 0.15) is 5.82 Å². The first-order valence-corrected chi connectivity index (χ1v) is 9.57. The van der Waals surface area contributed by atoms with Crippen molar-refractivity contribution in [1.82, 2.24) is 0 Å². The maximum atomic E-state index is 13.9. The van der Waals surface area contributed by atoms with Gasteiger partial charge in [0.05, 0.1) is 35.5 Å². The van der Waals surface area contributed by atoms with E-state index in [4.69, 9.17) is 16.3 Å². The Kier molecular flexibility index (Phi) is 6.52. The Bertz CT molecular complexity index is 951. The molecule has 2 aromatic carbocycles. The van der Waals surface area contributed by atoms with Crippen LogP contribution >= 0.6 is 11.6 Å². The van der Waals surface area contributed by atoms with Gasteiger partial charge in [-0.25, -0.2) is 4.39 Å². The molecule has 0 saturated carbocycles. The number of alkyl halides is 3. The number of carbonyl (C=O) groups excluding carboxylic acids is 1. The monoisotopic (exact) mass is 446 g/mol. The number of hydrogen-bond donors (Lipinski definition) is 2. The predicted octanol–water partition coefficient (Wildman–Crippen LogP) is 4.82. The molecule has 3 rings (SSSR count). The Morgan fingerprint density at radius 1 is 1.23 bits per heavy atom. The predicted molar refractivity (Wildman–Crippen MR) is 101 cm³/mol. The van der Waals surface area contributed by atoms with Gasteiger partial charge in [-0.2, -0.15) is 13.2 Å². The first-order valence-electron chi connectivity index (χ1n) is 9.19. The van der Waals surface area contributed by atoms with Gasteiger partial charge in [-0.15, -0.1) is 0 Å². The third kappa shape index (κ3) is 4.67. The summed E-state index contributed by atoms with van der Waals surface area (Å²) in [4.78, 5) is 12.9. The van der Waals surface area contributed by atoms with Gasteiger partial charge >= 0.3 is 6.18 Å². The molecular weight excluding hydrogens is 428 g/mol. The fourth-order valence-electron chi connectivity index (χ4n) is 3.60. The van der Waals surface area contributed by atoms with E-state index in [0.29, 0.717) is 29.7 Å². The van der Waals surface area contributed by atoms with Crippen molar-refractivity contribution in [2.24, 2.45) is 0 Å². The Balaban J connectivity index is 2.02. The third-order valence-corrected chi connectivity index (χ3v) is 5.33. The normalized spacial score (nSPS) is 22.2. The minimum absolute atomic E-state index is 0.0440. The first kappa shape index (κ1) is 22.7. The maximum absolute atomic E-state index is 13.9. The van der Waals surface area contributed by atoms with Crippen molar-refractivity contribution < 1.29 is 37.3 Å². The van der Waals surface area contributed by atoms with Crippen molar-refractivity contribution in [3.63, 3.8) is 0 Å². The quantitative estimate of drug-likeness (QED) is 0.522. The molecule has 3 unspecified atom stereocenters. The second-order valence-corrected chi connectivity index (χ2v) is 7.68. The summed E-state index contributed by atoms with van der Waals surface area (Å²) in [6.45, 7) is 1.38. The fourth-order valence-corrected chi connectivity index (χ4v) is 3.87. The lowest BCUT2D eigenvalue weighted by Crippen LogP contribution is -2.30. The number of benzene rings is 2. The van der Waals surface area contributed by atoms with Gasteiger partial charge in [-0.05, 0) is 48.7 Å². The van der Waals surface area contributed by atoms with Crippen molar-refractivity contribution >= 4 is 17.4 Å². The number of ketones is 1. The maximum Gasteiger partial charge on any atom is 0.419 e. The average molecular weight is 447 g/mol. The lowest BCUT2D eigenvalue weighted by atomic mass is 9.90. The van der Waals surface area contributed by atoms with Crippen molar-refractivity contribution in [3.8, 4) is 0 Å². The Morgan fingerprint density at radius 3 is 2.50 bits per heavy atom. The zero-order chi connectivity index (χ0) is 22.2. The van der Waals surface area contributed by atoms with Crippen LogP contribution in [0.25, 0.3) is 0 Å². The highest BCUT2D eigenvalue weighted by Crippen LogP contribution is 2.37. The van der Waals surface area contributed by atoms with Crippen LogP contribution in [0.5, 0.6) is 0 Å². The number of carbonyl (C=O) groups is 1. The van der Waals surface area contributed by atoms with E-state index in [1.807, 2.05) is 0 Å². The lowest BCUT2D eigenvalue weighted by molar-refractivity contribution is -0.140. The van der Waals surface area contributed by atoms with Gasteiger partial charge in [-0.3, -0.25) is 4.79 Å². The smallest absolute Gasteiger partial charge is 0.393 e. The number of halogens is 5. The summed E-state index contributed by atoms with van der Waals surface area (Å²) in [6.07, 6.45) is -5.71. The second-order valence-electron chi connectivity index (χ2n) is 7.27. The molecule has 0 bridgehead atoms. The Hall–Kier alpha value is -2.00. The van der Waals surface area contributed by atoms with Crippen LogP contribution in [0.1, 0.15) is 58.5 Å². The van der Waals surface area contributed by atoms with Crippen molar-refractivity contribution in [2.75, 3.05) is 0 Å². The van der Waals surface area contributed by atoms with E-state index in [1.165, 1.54) is 12.1 Å². The Labute approximate surface area is 175 Å². The van der Waals surface area contributed by atoms with Crippen LogP contribution in [-0.4, -0.2) is 28.2 Å². The number of aliphatic hydroxyl groups is 2. The van der Waals surface area contributed by atoms with Crippen LogP contribution in [0.4, 0.5) is 17.6 Å². The van der Waals surface area contributed by atoms with Crippen LogP contribution in [0.15, 0.2) is 30.3 Å². The molecular formula is C21H19ClF4O4. The van der Waals surface area contributed by atoms with E-state index in [2.05, 4.69) is 0 Å². The molecule has 0 aromatic heterocycles. The molecule has 30 heavy (non-hydrogen) atoms. The van der Waals surface area contributed by atoms with Crippen LogP contribution < -0.4 is 0 Å². The van der Waals surface area contributed by atoms with Gasteiger partial charge in [0, 0.05) is 17.5 Å². The molecule has 2 N–H and O–H groups in total. The molecule has 162 valence electrons. The molecule has 0 amide bonds. The molecule has 2 aromatic rings. The third-order valence-electron chi connectivity index (χ3n) is 5.01. The highest BCUT2D eigenvalue weighted by molar-refractivity contribution is 6.35. The molecule has 9 heteroatoms. The molecule has 1 aliphatic rings. The topological polar surface area (TPSA) is 66.8 Å². The summed E-state index contributed by atoms with van der Waals surface area (Å²) < 4.78 is 58.0. The first-order chi connectivity index (χ1) is 14.0. The van der Waals surface area contributed by atoms with Gasteiger partial charge < -0.3 is 14.9 Å². The summed E-state index contributed by atoms with van der Waals surface area (Å²) in [5, 5.41) is 19.7. The zero-order valence-electron chi connectivity index (χ0n) is 15.8.